The molecule has 1 aromatic carbocycles. The van der Waals surface area contributed by atoms with Crippen molar-refractivity contribution in [3.05, 3.63) is 35.5 Å². The van der Waals surface area contributed by atoms with Crippen molar-refractivity contribution in [2.45, 2.75) is 46.6 Å². The molecule has 1 aromatic rings. The van der Waals surface area contributed by atoms with E-state index in [-0.39, 0.29) is 5.41 Å². The van der Waals surface area contributed by atoms with Gasteiger partial charge < -0.3 is 10.1 Å². The summed E-state index contributed by atoms with van der Waals surface area (Å²) in [6.07, 6.45) is 2.34. The molecule has 1 N–H and O–H groups in total. The number of ether oxygens (including phenoxy) is 1. The minimum absolute atomic E-state index is 0.285. The largest absolute Gasteiger partial charge is 0.497 e. The maximum absolute atomic E-state index is 5.20. The van der Waals surface area contributed by atoms with Crippen LogP contribution in [0.5, 0.6) is 5.75 Å². The van der Waals surface area contributed by atoms with Crippen molar-refractivity contribution in [2.75, 3.05) is 7.11 Å². The van der Waals surface area contributed by atoms with Gasteiger partial charge in [-0.05, 0) is 48.4 Å². The minimum atomic E-state index is 0.285. The van der Waals surface area contributed by atoms with Gasteiger partial charge in [0.2, 0.25) is 0 Å². The van der Waals surface area contributed by atoms with Crippen LogP contribution in [0.4, 0.5) is 0 Å². The predicted octanol–water partition coefficient (Wildman–Crippen LogP) is 4.22. The zero-order chi connectivity index (χ0) is 14.0. The Bertz CT molecular complexity index is 465. The van der Waals surface area contributed by atoms with Crippen molar-refractivity contribution in [2.24, 2.45) is 5.41 Å². The number of benzene rings is 1. The van der Waals surface area contributed by atoms with Gasteiger partial charge in [-0.25, -0.2) is 0 Å². The lowest BCUT2D eigenvalue weighted by molar-refractivity contribution is 0.299. The normalized spacial score (nSPS) is 16.9. The molecule has 0 amide bonds. The number of nitrogens with one attached hydrogen (secondary N) is 1. The smallest absolute Gasteiger partial charge is 0.118 e. The fraction of sp³-hybridized carbons (Fsp3) is 0.529. The Morgan fingerprint density at radius 1 is 1.11 bits per heavy atom. The average molecular weight is 259 g/mol. The molecule has 0 bridgehead atoms. The van der Waals surface area contributed by atoms with Crippen molar-refractivity contribution in [1.82, 2.24) is 5.32 Å². The molecule has 1 aliphatic carbocycles. The fourth-order valence-electron chi connectivity index (χ4n) is 2.12. The van der Waals surface area contributed by atoms with Gasteiger partial charge in [-0.2, -0.15) is 0 Å². The first-order chi connectivity index (χ1) is 8.91. The van der Waals surface area contributed by atoms with Crippen molar-refractivity contribution in [3.8, 4) is 5.75 Å². The molecule has 0 saturated carbocycles. The van der Waals surface area contributed by atoms with Crippen LogP contribution >= 0.6 is 0 Å². The minimum Gasteiger partial charge on any atom is -0.497 e. The van der Waals surface area contributed by atoms with Crippen LogP contribution in [0.3, 0.4) is 0 Å². The Morgan fingerprint density at radius 2 is 1.74 bits per heavy atom. The lowest BCUT2D eigenvalue weighted by Gasteiger charge is -2.34. The molecule has 0 spiro atoms. The number of hydrogen-bond acceptors (Lipinski definition) is 2. The summed E-state index contributed by atoms with van der Waals surface area (Å²) in [4.78, 5) is 0. The van der Waals surface area contributed by atoms with Crippen molar-refractivity contribution in [3.63, 3.8) is 0 Å². The van der Waals surface area contributed by atoms with Crippen LogP contribution in [0, 0.1) is 5.41 Å². The molecule has 0 aromatic heterocycles. The molecule has 0 saturated heterocycles. The highest BCUT2D eigenvalue weighted by Gasteiger charge is 2.25. The van der Waals surface area contributed by atoms with Gasteiger partial charge in [0, 0.05) is 11.7 Å². The molecule has 0 radical (unpaired) electrons. The average Bonchev–Trinajstić information content (AvgIpc) is 2.34. The quantitative estimate of drug-likeness (QED) is 0.874. The molecule has 2 rings (SSSR count). The molecule has 0 fully saturated rings. The van der Waals surface area contributed by atoms with Crippen LogP contribution < -0.4 is 10.1 Å². The van der Waals surface area contributed by atoms with Crippen molar-refractivity contribution < 1.29 is 4.74 Å². The third-order valence-corrected chi connectivity index (χ3v) is 4.12. The Labute approximate surface area is 116 Å². The lowest BCUT2D eigenvalue weighted by Crippen LogP contribution is -2.39. The van der Waals surface area contributed by atoms with Crippen LogP contribution in [0.25, 0.3) is 5.57 Å². The van der Waals surface area contributed by atoms with Crippen LogP contribution in [-0.4, -0.2) is 13.2 Å². The Morgan fingerprint density at radius 3 is 2.16 bits per heavy atom. The molecule has 19 heavy (non-hydrogen) atoms. The van der Waals surface area contributed by atoms with E-state index in [1.54, 1.807) is 7.11 Å². The highest BCUT2D eigenvalue weighted by Crippen LogP contribution is 2.36. The molecule has 1 atom stereocenters. The Kier molecular flexibility index (Phi) is 3.88. The van der Waals surface area contributed by atoms with E-state index in [1.807, 2.05) is 12.1 Å². The molecular weight excluding hydrogens is 234 g/mol. The zero-order valence-corrected chi connectivity index (χ0v) is 12.7. The maximum Gasteiger partial charge on any atom is 0.118 e. The summed E-state index contributed by atoms with van der Waals surface area (Å²) < 4.78 is 5.20. The maximum atomic E-state index is 5.20. The summed E-state index contributed by atoms with van der Waals surface area (Å²) in [7, 11) is 1.70. The molecule has 2 heteroatoms. The highest BCUT2D eigenvalue weighted by atomic mass is 16.5. The Hall–Kier alpha value is -1.44. The van der Waals surface area contributed by atoms with Gasteiger partial charge in [0.1, 0.15) is 5.75 Å². The number of hydrogen-bond donors (Lipinski definition) is 1. The highest BCUT2D eigenvalue weighted by molar-refractivity contribution is 5.73. The zero-order valence-electron chi connectivity index (χ0n) is 12.7. The van der Waals surface area contributed by atoms with E-state index in [0.29, 0.717) is 6.04 Å². The topological polar surface area (TPSA) is 21.3 Å². The first-order valence-corrected chi connectivity index (χ1v) is 7.05. The number of methoxy groups -OCH3 is 1. The van der Waals surface area contributed by atoms with Crippen LogP contribution in [0.1, 0.15) is 46.1 Å². The van der Waals surface area contributed by atoms with E-state index in [4.69, 9.17) is 4.74 Å². The molecular formula is C17H25NO. The van der Waals surface area contributed by atoms with E-state index in [0.717, 1.165) is 5.75 Å². The summed E-state index contributed by atoms with van der Waals surface area (Å²) in [5, 5.41) is 3.68. The molecule has 0 heterocycles. The first-order valence-electron chi connectivity index (χ1n) is 7.05. The predicted molar refractivity (Wildman–Crippen MR) is 81.2 cm³/mol. The number of rotatable bonds is 4. The van der Waals surface area contributed by atoms with Gasteiger partial charge >= 0.3 is 0 Å². The van der Waals surface area contributed by atoms with Crippen LogP contribution in [0.2, 0.25) is 0 Å². The van der Waals surface area contributed by atoms with E-state index in [1.165, 1.54) is 29.7 Å². The third kappa shape index (κ3) is 3.12. The van der Waals surface area contributed by atoms with E-state index in [9.17, 15) is 0 Å². The fourth-order valence-corrected chi connectivity index (χ4v) is 2.12. The summed E-state index contributed by atoms with van der Waals surface area (Å²) in [5.41, 5.74) is 4.47. The first kappa shape index (κ1) is 14.0. The molecule has 2 nitrogen and oxygen atoms in total. The second kappa shape index (κ2) is 5.28. The van der Waals surface area contributed by atoms with Gasteiger partial charge in [-0.15, -0.1) is 0 Å². The van der Waals surface area contributed by atoms with Crippen molar-refractivity contribution in [1.29, 1.82) is 0 Å². The van der Waals surface area contributed by atoms with Crippen LogP contribution in [0.15, 0.2) is 30.0 Å². The SMILES string of the molecule is COc1ccc(C2=C(NC(C)C(C)(C)C)CC2)cc1. The molecule has 1 aliphatic rings. The van der Waals surface area contributed by atoms with Gasteiger partial charge in [0.05, 0.1) is 7.11 Å². The van der Waals surface area contributed by atoms with Crippen molar-refractivity contribution >= 4 is 5.57 Å². The molecule has 104 valence electrons. The third-order valence-electron chi connectivity index (χ3n) is 4.12. The van der Waals surface area contributed by atoms with Gasteiger partial charge in [-0.3, -0.25) is 0 Å². The van der Waals surface area contributed by atoms with E-state index < -0.39 is 0 Å². The summed E-state index contributed by atoms with van der Waals surface area (Å²) in [6.45, 7) is 9.09. The number of allylic oxidation sites excluding steroid dienone is 2. The Balaban J connectivity index is 2.13. The molecule has 1 unspecified atom stereocenters. The molecule has 0 aliphatic heterocycles. The second-order valence-corrected chi connectivity index (χ2v) is 6.42. The van der Waals surface area contributed by atoms with E-state index >= 15 is 0 Å². The van der Waals surface area contributed by atoms with Crippen LogP contribution in [-0.2, 0) is 0 Å². The summed E-state index contributed by atoms with van der Waals surface area (Å²) >= 11 is 0. The summed E-state index contributed by atoms with van der Waals surface area (Å²) in [6, 6.07) is 8.85. The second-order valence-electron chi connectivity index (χ2n) is 6.42. The van der Waals surface area contributed by atoms with Gasteiger partial charge in [0.25, 0.3) is 0 Å². The van der Waals surface area contributed by atoms with Gasteiger partial charge in [0.15, 0.2) is 0 Å². The lowest BCUT2D eigenvalue weighted by atomic mass is 9.84. The monoisotopic (exact) mass is 259 g/mol. The summed E-state index contributed by atoms with van der Waals surface area (Å²) in [5.74, 6) is 0.918. The van der Waals surface area contributed by atoms with E-state index in [2.05, 4.69) is 45.1 Å². The standard InChI is InChI=1S/C17H25NO/c1-12(17(2,3)4)18-16-11-10-15(16)13-6-8-14(19-5)9-7-13/h6-9,12,18H,10-11H2,1-5H3. The van der Waals surface area contributed by atoms with Gasteiger partial charge in [-0.1, -0.05) is 32.9 Å².